The van der Waals surface area contributed by atoms with Crippen LogP contribution in [0.5, 0.6) is 0 Å². The van der Waals surface area contributed by atoms with Gasteiger partial charge in [-0.25, -0.2) is 14.5 Å². The number of ether oxygens (including phenoxy) is 2. The number of unbranched alkanes of at least 4 members (excludes halogenated alkanes) is 9. The number of benzene rings is 3. The van der Waals surface area contributed by atoms with E-state index in [1.165, 1.54) is 61.6 Å². The van der Waals surface area contributed by atoms with Gasteiger partial charge in [-0.2, -0.15) is 5.10 Å². The second-order valence-electron chi connectivity index (χ2n) is 15.1. The standard InChI is InChI=1S/C45H57ClN6O7/c1-5-7-8-9-10-11-12-13-14-18-27-59-44(56)33-23-26-35(46)37(28-33)47-41(54)39(40(53)38-29-36(48-49-38)32-21-24-34(25-22-32)50(3)4)52-42(55)43(58-6-2)51(45(52)57)30-31-19-16-15-17-20-31/h15-17,19-26,28,36,39,43,48H,5-14,18,27,29-30H2,1-4H3,(H,47,54). The van der Waals surface area contributed by atoms with Gasteiger partial charge in [0.2, 0.25) is 12.0 Å². The van der Waals surface area contributed by atoms with Crippen molar-refractivity contribution in [3.8, 4) is 0 Å². The molecular formula is C45H57ClN6O7. The Morgan fingerprint density at radius 3 is 2.20 bits per heavy atom. The minimum atomic E-state index is -1.99. The number of esters is 1. The molecule has 0 spiro atoms. The van der Waals surface area contributed by atoms with Crippen LogP contribution in [0.15, 0.2) is 77.9 Å². The number of nitrogens with one attached hydrogen (secondary N) is 2. The van der Waals surface area contributed by atoms with Crippen molar-refractivity contribution in [2.45, 2.75) is 109 Å². The number of carbonyl (C=O) groups is 5. The van der Waals surface area contributed by atoms with Crippen LogP contribution in [0.2, 0.25) is 5.02 Å². The summed E-state index contributed by atoms with van der Waals surface area (Å²) in [6, 6.07) is 17.7. The van der Waals surface area contributed by atoms with E-state index in [1.807, 2.05) is 49.3 Å². The number of hydrogen-bond donors (Lipinski definition) is 2. The van der Waals surface area contributed by atoms with E-state index in [-0.39, 0.29) is 48.2 Å². The lowest BCUT2D eigenvalue weighted by atomic mass is 9.97. The number of amides is 4. The Bertz CT molecular complexity index is 1940. The Labute approximate surface area is 352 Å². The highest BCUT2D eigenvalue weighted by Crippen LogP contribution is 2.30. The molecule has 2 heterocycles. The Balaban J connectivity index is 1.32. The van der Waals surface area contributed by atoms with Crippen LogP contribution in [-0.4, -0.2) is 84.7 Å². The molecule has 2 aliphatic heterocycles. The number of hydrogen-bond acceptors (Lipinski definition) is 10. The molecule has 0 bridgehead atoms. The normalized spacial score (nSPS) is 16.8. The molecule has 5 rings (SSSR count). The van der Waals surface area contributed by atoms with Crippen molar-refractivity contribution in [2.24, 2.45) is 5.10 Å². The van der Waals surface area contributed by atoms with Gasteiger partial charge in [0.15, 0.2) is 6.04 Å². The van der Waals surface area contributed by atoms with E-state index in [9.17, 15) is 24.0 Å². The summed E-state index contributed by atoms with van der Waals surface area (Å²) in [7, 11) is 3.86. The number of nitrogens with zero attached hydrogens (tertiary/aromatic N) is 4. The molecule has 3 atom stereocenters. The minimum Gasteiger partial charge on any atom is -0.462 e. The topological polar surface area (TPSA) is 150 Å². The molecule has 0 aromatic heterocycles. The average molecular weight is 829 g/mol. The number of ketones is 1. The van der Waals surface area contributed by atoms with Crippen molar-refractivity contribution in [2.75, 3.05) is 37.5 Å². The van der Waals surface area contributed by atoms with E-state index in [0.717, 1.165) is 36.9 Å². The quantitative estimate of drug-likeness (QED) is 0.0417. The van der Waals surface area contributed by atoms with Gasteiger partial charge in [0.05, 0.1) is 35.5 Å². The summed E-state index contributed by atoms with van der Waals surface area (Å²) < 4.78 is 11.3. The molecule has 1 fully saturated rings. The van der Waals surface area contributed by atoms with Gasteiger partial charge >= 0.3 is 12.0 Å². The van der Waals surface area contributed by atoms with Crippen LogP contribution in [0.4, 0.5) is 16.2 Å². The van der Waals surface area contributed by atoms with Crippen LogP contribution in [0.1, 0.15) is 112 Å². The van der Waals surface area contributed by atoms with Crippen molar-refractivity contribution in [1.82, 2.24) is 15.2 Å². The van der Waals surface area contributed by atoms with Crippen molar-refractivity contribution in [3.05, 3.63) is 94.5 Å². The van der Waals surface area contributed by atoms with Crippen molar-refractivity contribution in [1.29, 1.82) is 0 Å². The van der Waals surface area contributed by atoms with Gasteiger partial charge in [-0.3, -0.25) is 19.3 Å². The SMILES string of the molecule is CCCCCCCCCCCCOC(=O)c1ccc(Cl)c(NC(=O)C(C(=O)C2=NNC(c3ccc(N(C)C)cc3)C2)N2C(=O)C(OCC)N(Cc3ccccc3)C2=O)c1. The lowest BCUT2D eigenvalue weighted by Crippen LogP contribution is -2.54. The van der Waals surface area contributed by atoms with Crippen LogP contribution in [0.3, 0.4) is 0 Å². The number of hydrazone groups is 1. The van der Waals surface area contributed by atoms with Crippen LogP contribution >= 0.6 is 11.6 Å². The predicted octanol–water partition coefficient (Wildman–Crippen LogP) is 8.28. The largest absolute Gasteiger partial charge is 0.462 e. The van der Waals surface area contributed by atoms with Gasteiger partial charge in [0, 0.05) is 32.8 Å². The summed E-state index contributed by atoms with van der Waals surface area (Å²) in [4.78, 5) is 74.1. The second-order valence-corrected chi connectivity index (χ2v) is 15.5. The van der Waals surface area contributed by atoms with Crippen molar-refractivity contribution < 1.29 is 33.4 Å². The first-order valence-electron chi connectivity index (χ1n) is 20.7. The molecule has 14 heteroatoms. The highest BCUT2D eigenvalue weighted by Gasteiger charge is 2.53. The molecule has 2 N–H and O–H groups in total. The molecule has 4 amide bonds. The van der Waals surface area contributed by atoms with E-state index in [4.69, 9.17) is 21.1 Å². The highest BCUT2D eigenvalue weighted by atomic mass is 35.5. The first-order chi connectivity index (χ1) is 28.5. The minimum absolute atomic E-state index is 0.00482. The molecule has 3 unspecified atom stereocenters. The molecule has 3 aromatic carbocycles. The number of anilines is 2. The van der Waals surface area contributed by atoms with E-state index in [1.54, 1.807) is 31.2 Å². The lowest BCUT2D eigenvalue weighted by Gasteiger charge is -2.24. The van der Waals surface area contributed by atoms with E-state index in [0.29, 0.717) is 10.5 Å². The third-order valence-corrected chi connectivity index (χ3v) is 10.8. The van der Waals surface area contributed by atoms with Gasteiger partial charge in [0.25, 0.3) is 11.8 Å². The van der Waals surface area contributed by atoms with Crippen LogP contribution in [-0.2, 0) is 30.4 Å². The van der Waals surface area contributed by atoms with E-state index >= 15 is 0 Å². The molecular weight excluding hydrogens is 772 g/mol. The Kier molecular flexibility index (Phi) is 16.9. The highest BCUT2D eigenvalue weighted by molar-refractivity contribution is 6.47. The van der Waals surface area contributed by atoms with Crippen molar-refractivity contribution >= 4 is 58.3 Å². The summed E-state index contributed by atoms with van der Waals surface area (Å²) in [5.41, 5.74) is 5.62. The Hall–Kier alpha value is -5.27. The van der Waals surface area contributed by atoms with Crippen LogP contribution in [0.25, 0.3) is 0 Å². The van der Waals surface area contributed by atoms with Gasteiger partial charge < -0.3 is 25.1 Å². The fourth-order valence-electron chi connectivity index (χ4n) is 7.16. The Morgan fingerprint density at radius 2 is 1.56 bits per heavy atom. The van der Waals surface area contributed by atoms with Gasteiger partial charge in [-0.05, 0) is 54.8 Å². The number of Topliss-reactive ketones (excluding diaryl/α,β-unsaturated/α-hetero) is 1. The molecule has 3 aromatic rings. The second kappa shape index (κ2) is 22.2. The number of rotatable bonds is 23. The van der Waals surface area contributed by atoms with Crippen LogP contribution in [0, 0.1) is 0 Å². The maximum atomic E-state index is 14.5. The summed E-state index contributed by atoms with van der Waals surface area (Å²) >= 11 is 6.53. The molecule has 1 saturated heterocycles. The number of halogens is 1. The maximum absolute atomic E-state index is 14.5. The molecule has 59 heavy (non-hydrogen) atoms. The number of imide groups is 1. The fraction of sp³-hybridized carbons (Fsp3) is 0.467. The predicted molar refractivity (Wildman–Crippen MR) is 229 cm³/mol. The third-order valence-electron chi connectivity index (χ3n) is 10.5. The Morgan fingerprint density at radius 1 is 0.898 bits per heavy atom. The average Bonchev–Trinajstić information content (AvgIpc) is 3.81. The van der Waals surface area contributed by atoms with Crippen molar-refractivity contribution in [3.63, 3.8) is 0 Å². The first-order valence-corrected chi connectivity index (χ1v) is 21.1. The van der Waals surface area contributed by atoms with Gasteiger partial charge in [-0.15, -0.1) is 0 Å². The molecule has 0 radical (unpaired) electrons. The number of carbonyl (C=O) groups excluding carboxylic acids is 5. The zero-order valence-corrected chi connectivity index (χ0v) is 35.3. The summed E-state index contributed by atoms with van der Waals surface area (Å²) in [6.45, 7) is 4.20. The summed E-state index contributed by atoms with van der Waals surface area (Å²) in [5.74, 6) is -3.35. The fourth-order valence-corrected chi connectivity index (χ4v) is 7.33. The zero-order chi connectivity index (χ0) is 42.3. The first kappa shape index (κ1) is 44.8. The summed E-state index contributed by atoms with van der Waals surface area (Å²) in [6.07, 6.45) is 10.2. The molecule has 2 aliphatic rings. The van der Waals surface area contributed by atoms with E-state index in [2.05, 4.69) is 22.8 Å². The lowest BCUT2D eigenvalue weighted by molar-refractivity contribution is -0.147. The van der Waals surface area contributed by atoms with E-state index < -0.39 is 47.9 Å². The number of urea groups is 1. The molecule has 0 aliphatic carbocycles. The molecule has 0 saturated carbocycles. The van der Waals surface area contributed by atoms with Gasteiger partial charge in [0.1, 0.15) is 5.71 Å². The van der Waals surface area contributed by atoms with Gasteiger partial charge in [-0.1, -0.05) is 119 Å². The zero-order valence-electron chi connectivity index (χ0n) is 34.6. The summed E-state index contributed by atoms with van der Waals surface area (Å²) in [5, 5.41) is 6.98. The third kappa shape index (κ3) is 11.9. The monoisotopic (exact) mass is 828 g/mol. The van der Waals surface area contributed by atoms with Crippen LogP contribution < -0.4 is 15.6 Å². The maximum Gasteiger partial charge on any atom is 0.338 e. The molecule has 316 valence electrons. The molecule has 13 nitrogen and oxygen atoms in total. The smallest absolute Gasteiger partial charge is 0.338 e.